The van der Waals surface area contributed by atoms with E-state index in [1.165, 1.54) is 37.7 Å². The van der Waals surface area contributed by atoms with Crippen LogP contribution in [0.5, 0.6) is 0 Å². The zero-order valence-corrected chi connectivity index (χ0v) is 29.1. The maximum Gasteiger partial charge on any atom is 0.0973 e. The van der Waals surface area contributed by atoms with E-state index in [9.17, 15) is 0 Å². The van der Waals surface area contributed by atoms with Gasteiger partial charge in [0.05, 0.1) is 39.3 Å². The average molecular weight is 687 g/mol. The lowest BCUT2D eigenvalue weighted by molar-refractivity contribution is 1.27. The molecule has 4 heterocycles. The van der Waals surface area contributed by atoms with E-state index < -0.39 is 0 Å². The van der Waals surface area contributed by atoms with Crippen molar-refractivity contribution in [2.75, 3.05) is 0 Å². The number of para-hydroxylation sites is 1. The van der Waals surface area contributed by atoms with Crippen molar-refractivity contribution in [3.8, 4) is 45.0 Å². The molecule has 0 spiro atoms. The highest BCUT2D eigenvalue weighted by molar-refractivity contribution is 6.33. The minimum atomic E-state index is 0.817. The predicted octanol–water partition coefficient (Wildman–Crippen LogP) is 12.9. The molecule has 0 radical (unpaired) electrons. The quantitative estimate of drug-likeness (QED) is 0.173. The van der Waals surface area contributed by atoms with E-state index in [0.29, 0.717) is 0 Å². The van der Waals surface area contributed by atoms with Crippen LogP contribution in [0.1, 0.15) is 0 Å². The number of aromatic nitrogens is 4. The molecule has 0 amide bonds. The summed E-state index contributed by atoms with van der Waals surface area (Å²) >= 11 is 0. The first-order valence-electron chi connectivity index (χ1n) is 18.2. The molecule has 54 heavy (non-hydrogen) atoms. The molecule has 250 valence electrons. The van der Waals surface area contributed by atoms with Gasteiger partial charge in [-0.2, -0.15) is 0 Å². The number of nitrogens with zero attached hydrogens (tertiary/aromatic N) is 4. The van der Waals surface area contributed by atoms with Crippen LogP contribution in [-0.2, 0) is 0 Å². The molecule has 11 aromatic rings. The summed E-state index contributed by atoms with van der Waals surface area (Å²) in [5.74, 6) is 0. The molecule has 0 bridgehead atoms. The highest BCUT2D eigenvalue weighted by Crippen LogP contribution is 2.43. The Labute approximate surface area is 311 Å². The summed E-state index contributed by atoms with van der Waals surface area (Å²) in [5.41, 5.74) is 10.6. The molecular formula is C50H30N4. The molecule has 4 aromatic heterocycles. The number of hydrogen-bond acceptors (Lipinski definition) is 4. The van der Waals surface area contributed by atoms with E-state index in [4.69, 9.17) is 19.9 Å². The van der Waals surface area contributed by atoms with E-state index in [0.717, 1.165) is 72.4 Å². The molecule has 4 nitrogen and oxygen atoms in total. The van der Waals surface area contributed by atoms with E-state index >= 15 is 0 Å². The number of benzene rings is 7. The SMILES string of the molecule is c1ccc(-c2ccc3ccc4ccc(-c5ccc(-c6ccc(-c7nc8ccccc8c8c9ccccc9c9ccccc9c78)cc6)cn5)nc4c3n2)cc1. The van der Waals surface area contributed by atoms with Gasteiger partial charge >= 0.3 is 0 Å². The molecule has 0 aliphatic heterocycles. The van der Waals surface area contributed by atoms with Gasteiger partial charge < -0.3 is 0 Å². The Morgan fingerprint density at radius 2 is 0.815 bits per heavy atom. The van der Waals surface area contributed by atoms with Crippen LogP contribution in [0, 0.1) is 0 Å². The summed E-state index contributed by atoms with van der Waals surface area (Å²) in [6.45, 7) is 0. The first-order valence-corrected chi connectivity index (χ1v) is 18.2. The monoisotopic (exact) mass is 686 g/mol. The summed E-state index contributed by atoms with van der Waals surface area (Å²) in [6.07, 6.45) is 1.94. The second-order valence-corrected chi connectivity index (χ2v) is 13.8. The fourth-order valence-electron chi connectivity index (χ4n) is 8.05. The molecule has 0 fully saturated rings. The van der Waals surface area contributed by atoms with Gasteiger partial charge in [0.2, 0.25) is 0 Å². The molecule has 0 unspecified atom stereocenters. The molecule has 7 aromatic carbocycles. The Hall–Kier alpha value is -7.30. The Morgan fingerprint density at radius 1 is 0.296 bits per heavy atom. The second kappa shape index (κ2) is 12.1. The van der Waals surface area contributed by atoms with Crippen LogP contribution in [0.4, 0.5) is 0 Å². The average Bonchev–Trinajstić information content (AvgIpc) is 3.26. The lowest BCUT2D eigenvalue weighted by Crippen LogP contribution is -1.93. The maximum absolute atomic E-state index is 5.32. The molecule has 0 aliphatic rings. The number of fused-ring (bicyclic) bond motifs is 11. The first-order chi connectivity index (χ1) is 26.8. The summed E-state index contributed by atoms with van der Waals surface area (Å²) in [6, 6.07) is 61.7. The van der Waals surface area contributed by atoms with E-state index in [1.807, 2.05) is 30.5 Å². The molecule has 0 saturated heterocycles. The third kappa shape index (κ3) is 4.85. The third-order valence-corrected chi connectivity index (χ3v) is 10.7. The Bertz CT molecular complexity index is 3250. The van der Waals surface area contributed by atoms with Gasteiger partial charge in [-0.3, -0.25) is 4.98 Å². The van der Waals surface area contributed by atoms with E-state index in [-0.39, 0.29) is 0 Å². The van der Waals surface area contributed by atoms with Crippen molar-refractivity contribution in [1.29, 1.82) is 0 Å². The lowest BCUT2D eigenvalue weighted by atomic mass is 9.90. The Kier molecular flexibility index (Phi) is 6.82. The van der Waals surface area contributed by atoms with Gasteiger partial charge in [0.1, 0.15) is 0 Å². The van der Waals surface area contributed by atoms with Crippen molar-refractivity contribution in [2.24, 2.45) is 0 Å². The van der Waals surface area contributed by atoms with Gasteiger partial charge in [0.25, 0.3) is 0 Å². The second-order valence-electron chi connectivity index (χ2n) is 13.8. The molecule has 0 aliphatic carbocycles. The minimum Gasteiger partial charge on any atom is -0.254 e. The van der Waals surface area contributed by atoms with Crippen molar-refractivity contribution in [3.63, 3.8) is 0 Å². The number of pyridine rings is 4. The van der Waals surface area contributed by atoms with Crippen molar-refractivity contribution < 1.29 is 0 Å². The van der Waals surface area contributed by atoms with Gasteiger partial charge in [0.15, 0.2) is 0 Å². The summed E-state index contributed by atoms with van der Waals surface area (Å²) < 4.78 is 0. The lowest BCUT2D eigenvalue weighted by Gasteiger charge is -2.16. The van der Waals surface area contributed by atoms with Gasteiger partial charge in [-0.25, -0.2) is 15.0 Å². The van der Waals surface area contributed by atoms with Crippen LogP contribution in [0.25, 0.3) is 110 Å². The molecule has 0 saturated carbocycles. The topological polar surface area (TPSA) is 51.6 Å². The maximum atomic E-state index is 5.32. The standard InChI is InChI=1S/C50H30N4/c1-2-10-32(11-3-1)42-27-24-34-22-23-35-25-29-45(54-50(35)49(34)52-42)44-28-26-36(30-51-44)31-18-20-33(21-19-31)48-47-40-15-7-5-13-38(40)37-12-4-6-14-39(37)46(47)41-16-8-9-17-43(41)53-48/h1-30H. The molecular weight excluding hydrogens is 657 g/mol. The molecule has 11 rings (SSSR count). The van der Waals surface area contributed by atoms with Crippen molar-refractivity contribution in [3.05, 3.63) is 182 Å². The summed E-state index contributed by atoms with van der Waals surface area (Å²) in [5, 5.41) is 10.7. The van der Waals surface area contributed by atoms with Crippen LogP contribution in [0.15, 0.2) is 182 Å². The van der Waals surface area contributed by atoms with Crippen LogP contribution in [0.3, 0.4) is 0 Å². The smallest absolute Gasteiger partial charge is 0.0973 e. The zero-order valence-electron chi connectivity index (χ0n) is 29.1. The van der Waals surface area contributed by atoms with Crippen molar-refractivity contribution >= 4 is 65.0 Å². The molecule has 4 heteroatoms. The highest BCUT2D eigenvalue weighted by Gasteiger charge is 2.17. The van der Waals surface area contributed by atoms with Gasteiger partial charge in [-0.1, -0.05) is 152 Å². The summed E-state index contributed by atoms with van der Waals surface area (Å²) in [7, 11) is 0. The largest absolute Gasteiger partial charge is 0.254 e. The van der Waals surface area contributed by atoms with Crippen molar-refractivity contribution in [1.82, 2.24) is 19.9 Å². The normalized spacial score (nSPS) is 11.7. The Morgan fingerprint density at radius 3 is 1.50 bits per heavy atom. The van der Waals surface area contributed by atoms with Gasteiger partial charge in [-0.15, -0.1) is 0 Å². The van der Waals surface area contributed by atoms with E-state index in [1.54, 1.807) is 0 Å². The predicted molar refractivity (Wildman–Crippen MR) is 224 cm³/mol. The van der Waals surface area contributed by atoms with Gasteiger partial charge in [-0.05, 0) is 51.4 Å². The van der Waals surface area contributed by atoms with Crippen LogP contribution in [-0.4, -0.2) is 19.9 Å². The molecule has 0 atom stereocenters. The van der Waals surface area contributed by atoms with E-state index in [2.05, 4.69) is 152 Å². The fourth-order valence-corrected chi connectivity index (χ4v) is 8.05. The number of hydrogen-bond donors (Lipinski definition) is 0. The minimum absolute atomic E-state index is 0.817. The highest BCUT2D eigenvalue weighted by atomic mass is 14.8. The number of rotatable bonds is 4. The summed E-state index contributed by atoms with van der Waals surface area (Å²) in [4.78, 5) is 20.4. The zero-order chi connectivity index (χ0) is 35.6. The fraction of sp³-hybridized carbons (Fsp3) is 0. The van der Waals surface area contributed by atoms with Gasteiger partial charge in [0, 0.05) is 49.8 Å². The van der Waals surface area contributed by atoms with Crippen LogP contribution < -0.4 is 0 Å². The first kappa shape index (κ1) is 30.3. The molecule has 0 N–H and O–H groups in total. The van der Waals surface area contributed by atoms with Crippen LogP contribution in [0.2, 0.25) is 0 Å². The van der Waals surface area contributed by atoms with Crippen LogP contribution >= 0.6 is 0 Å². The third-order valence-electron chi connectivity index (χ3n) is 10.7. The Balaban J connectivity index is 0.980. The van der Waals surface area contributed by atoms with Crippen molar-refractivity contribution in [2.45, 2.75) is 0 Å².